The summed E-state index contributed by atoms with van der Waals surface area (Å²) in [6.45, 7) is 5.76. The smallest absolute Gasteiger partial charge is 0.239 e. The van der Waals surface area contributed by atoms with Crippen LogP contribution in [0, 0.1) is 0 Å². The molecule has 1 unspecified atom stereocenters. The lowest BCUT2D eigenvalue weighted by Crippen LogP contribution is -2.48. The second-order valence-electron chi connectivity index (χ2n) is 5.44. The average molecular weight is 275 g/mol. The molecule has 0 bridgehead atoms. The third-order valence-corrected chi connectivity index (χ3v) is 3.90. The highest BCUT2D eigenvalue weighted by Crippen LogP contribution is 2.21. The van der Waals surface area contributed by atoms with E-state index >= 15 is 0 Å². The van der Waals surface area contributed by atoms with Crippen molar-refractivity contribution in [1.29, 1.82) is 0 Å². The highest BCUT2D eigenvalue weighted by Gasteiger charge is 2.26. The molecule has 1 aliphatic rings. The SMILES string of the molecule is CCCCc1ccc(C(C(N)=O)N2CCNCC2)cc1. The van der Waals surface area contributed by atoms with E-state index in [1.54, 1.807) is 0 Å². The zero-order chi connectivity index (χ0) is 14.4. The first kappa shape index (κ1) is 15.0. The quantitative estimate of drug-likeness (QED) is 0.826. The Morgan fingerprint density at radius 3 is 2.50 bits per heavy atom. The summed E-state index contributed by atoms with van der Waals surface area (Å²) in [5.41, 5.74) is 7.96. The molecular weight excluding hydrogens is 250 g/mol. The van der Waals surface area contributed by atoms with Gasteiger partial charge in [-0.25, -0.2) is 0 Å². The van der Waals surface area contributed by atoms with Gasteiger partial charge >= 0.3 is 0 Å². The first-order chi connectivity index (χ1) is 9.72. The van der Waals surface area contributed by atoms with Crippen molar-refractivity contribution >= 4 is 5.91 Å². The van der Waals surface area contributed by atoms with Crippen LogP contribution in [0.4, 0.5) is 0 Å². The number of hydrogen-bond acceptors (Lipinski definition) is 3. The highest BCUT2D eigenvalue weighted by atomic mass is 16.1. The summed E-state index contributed by atoms with van der Waals surface area (Å²) >= 11 is 0. The Morgan fingerprint density at radius 2 is 1.95 bits per heavy atom. The molecule has 1 aromatic rings. The van der Waals surface area contributed by atoms with Gasteiger partial charge in [0.15, 0.2) is 0 Å². The predicted octanol–water partition coefficient (Wildman–Crippen LogP) is 1.46. The molecule has 0 aliphatic carbocycles. The summed E-state index contributed by atoms with van der Waals surface area (Å²) in [5.74, 6) is -0.256. The van der Waals surface area contributed by atoms with Crippen LogP contribution >= 0.6 is 0 Å². The van der Waals surface area contributed by atoms with E-state index in [0.29, 0.717) is 0 Å². The molecule has 1 amide bonds. The van der Waals surface area contributed by atoms with Gasteiger partial charge in [0.1, 0.15) is 6.04 Å². The molecule has 4 nitrogen and oxygen atoms in total. The number of primary amides is 1. The first-order valence-corrected chi connectivity index (χ1v) is 7.55. The molecule has 2 rings (SSSR count). The number of hydrogen-bond donors (Lipinski definition) is 2. The molecule has 0 aromatic heterocycles. The van der Waals surface area contributed by atoms with Crippen LogP contribution in [0.5, 0.6) is 0 Å². The van der Waals surface area contributed by atoms with E-state index in [1.165, 1.54) is 18.4 Å². The fourth-order valence-corrected chi connectivity index (χ4v) is 2.74. The van der Waals surface area contributed by atoms with Crippen LogP contribution in [0.25, 0.3) is 0 Å². The van der Waals surface area contributed by atoms with Crippen LogP contribution in [0.3, 0.4) is 0 Å². The van der Waals surface area contributed by atoms with Crippen molar-refractivity contribution in [3.05, 3.63) is 35.4 Å². The minimum absolute atomic E-state index is 0.256. The molecule has 1 atom stereocenters. The molecule has 110 valence electrons. The fraction of sp³-hybridized carbons (Fsp3) is 0.562. The summed E-state index contributed by atoms with van der Waals surface area (Å²) in [4.78, 5) is 14.0. The molecule has 1 heterocycles. The van der Waals surface area contributed by atoms with Crippen LogP contribution < -0.4 is 11.1 Å². The van der Waals surface area contributed by atoms with E-state index in [1.807, 2.05) is 0 Å². The molecule has 4 heteroatoms. The molecule has 0 spiro atoms. The van der Waals surface area contributed by atoms with Gasteiger partial charge in [0.2, 0.25) is 5.91 Å². The third-order valence-electron chi connectivity index (χ3n) is 3.90. The van der Waals surface area contributed by atoms with Crippen LogP contribution in [-0.4, -0.2) is 37.0 Å². The van der Waals surface area contributed by atoms with Crippen molar-refractivity contribution in [1.82, 2.24) is 10.2 Å². The van der Waals surface area contributed by atoms with E-state index < -0.39 is 0 Å². The molecular formula is C16H25N3O. The molecule has 1 saturated heterocycles. The average Bonchev–Trinajstić information content (AvgIpc) is 2.47. The van der Waals surface area contributed by atoms with Gasteiger partial charge in [-0.05, 0) is 24.0 Å². The Morgan fingerprint density at radius 1 is 1.30 bits per heavy atom. The zero-order valence-corrected chi connectivity index (χ0v) is 12.3. The zero-order valence-electron chi connectivity index (χ0n) is 12.3. The lowest BCUT2D eigenvalue weighted by molar-refractivity contribution is -0.123. The number of aryl methyl sites for hydroxylation is 1. The summed E-state index contributed by atoms with van der Waals surface area (Å²) in [6.07, 6.45) is 3.51. The van der Waals surface area contributed by atoms with E-state index in [9.17, 15) is 4.79 Å². The van der Waals surface area contributed by atoms with Gasteiger partial charge in [-0.2, -0.15) is 0 Å². The van der Waals surface area contributed by atoms with E-state index in [0.717, 1.165) is 38.2 Å². The topological polar surface area (TPSA) is 58.4 Å². The van der Waals surface area contributed by atoms with Crippen LogP contribution in [0.2, 0.25) is 0 Å². The lowest BCUT2D eigenvalue weighted by atomic mass is 10.0. The van der Waals surface area contributed by atoms with Gasteiger partial charge in [-0.1, -0.05) is 37.6 Å². The minimum Gasteiger partial charge on any atom is -0.368 e. The predicted molar refractivity (Wildman–Crippen MR) is 81.4 cm³/mol. The van der Waals surface area contributed by atoms with Crippen molar-refractivity contribution < 1.29 is 4.79 Å². The number of benzene rings is 1. The number of nitrogens with two attached hydrogens (primary N) is 1. The number of carbonyl (C=O) groups is 1. The maximum Gasteiger partial charge on any atom is 0.239 e. The normalized spacial score (nSPS) is 17.9. The number of nitrogens with zero attached hydrogens (tertiary/aromatic N) is 1. The number of amides is 1. The van der Waals surface area contributed by atoms with Gasteiger partial charge in [0, 0.05) is 26.2 Å². The van der Waals surface area contributed by atoms with Gasteiger partial charge in [0.05, 0.1) is 0 Å². The van der Waals surface area contributed by atoms with Gasteiger partial charge in [-0.15, -0.1) is 0 Å². The largest absolute Gasteiger partial charge is 0.368 e. The fourth-order valence-electron chi connectivity index (χ4n) is 2.74. The van der Waals surface area contributed by atoms with Crippen LogP contribution in [0.15, 0.2) is 24.3 Å². The van der Waals surface area contributed by atoms with Crippen molar-refractivity contribution in [3.63, 3.8) is 0 Å². The van der Waals surface area contributed by atoms with E-state index in [-0.39, 0.29) is 11.9 Å². The molecule has 1 fully saturated rings. The van der Waals surface area contributed by atoms with Gasteiger partial charge < -0.3 is 11.1 Å². The van der Waals surface area contributed by atoms with Gasteiger partial charge in [-0.3, -0.25) is 9.69 Å². The number of piperazine rings is 1. The van der Waals surface area contributed by atoms with E-state index in [4.69, 9.17) is 5.73 Å². The Balaban J connectivity index is 2.10. The maximum absolute atomic E-state index is 11.8. The molecule has 1 aliphatic heterocycles. The minimum atomic E-state index is -0.294. The third kappa shape index (κ3) is 3.81. The number of nitrogens with one attached hydrogen (secondary N) is 1. The lowest BCUT2D eigenvalue weighted by Gasteiger charge is -2.33. The summed E-state index contributed by atoms with van der Waals surface area (Å²) in [5, 5.41) is 3.30. The van der Waals surface area contributed by atoms with E-state index in [2.05, 4.69) is 41.4 Å². The highest BCUT2D eigenvalue weighted by molar-refractivity contribution is 5.81. The molecule has 3 N–H and O–H groups in total. The monoisotopic (exact) mass is 275 g/mol. The van der Waals surface area contributed by atoms with Crippen molar-refractivity contribution in [2.75, 3.05) is 26.2 Å². The Kier molecular flexibility index (Phi) is 5.56. The van der Waals surface area contributed by atoms with Crippen molar-refractivity contribution in [2.45, 2.75) is 32.2 Å². The second kappa shape index (κ2) is 7.41. The van der Waals surface area contributed by atoms with Crippen molar-refractivity contribution in [3.8, 4) is 0 Å². The molecule has 0 saturated carbocycles. The molecule has 0 radical (unpaired) electrons. The van der Waals surface area contributed by atoms with Crippen molar-refractivity contribution in [2.24, 2.45) is 5.73 Å². The number of carbonyl (C=O) groups excluding carboxylic acids is 1. The number of unbranched alkanes of at least 4 members (excludes halogenated alkanes) is 1. The van der Waals surface area contributed by atoms with Crippen LogP contribution in [-0.2, 0) is 11.2 Å². The summed E-state index contributed by atoms with van der Waals surface area (Å²) < 4.78 is 0. The standard InChI is InChI=1S/C16H25N3O/c1-2-3-4-13-5-7-14(8-6-13)15(16(17)20)19-11-9-18-10-12-19/h5-8,15,18H,2-4,9-12H2,1H3,(H2,17,20). The second-order valence-corrected chi connectivity index (χ2v) is 5.44. The maximum atomic E-state index is 11.8. The first-order valence-electron chi connectivity index (χ1n) is 7.55. The summed E-state index contributed by atoms with van der Waals surface area (Å²) in [6, 6.07) is 8.08. The molecule has 20 heavy (non-hydrogen) atoms. The van der Waals surface area contributed by atoms with Crippen LogP contribution in [0.1, 0.15) is 36.9 Å². The molecule has 1 aromatic carbocycles. The Labute approximate surface area is 121 Å². The Hall–Kier alpha value is -1.39. The number of rotatable bonds is 6. The van der Waals surface area contributed by atoms with Gasteiger partial charge in [0.25, 0.3) is 0 Å². The Bertz CT molecular complexity index is 424. The summed E-state index contributed by atoms with van der Waals surface area (Å²) in [7, 11) is 0.